The highest BCUT2D eigenvalue weighted by molar-refractivity contribution is 6.05. The fraction of sp³-hybridized carbons (Fsp3) is 0. The smallest absolute Gasteiger partial charge is 0.164 e. The summed E-state index contributed by atoms with van der Waals surface area (Å²) in [6, 6.07) is 60.4. The maximum absolute atomic E-state index is 4.92. The number of benzene rings is 6. The van der Waals surface area contributed by atoms with Crippen molar-refractivity contribution in [2.75, 3.05) is 0 Å². The summed E-state index contributed by atoms with van der Waals surface area (Å²) >= 11 is 0. The van der Waals surface area contributed by atoms with E-state index in [-0.39, 0.29) is 0 Å². The quantitative estimate of drug-likeness (QED) is 0.169. The third-order valence-corrected chi connectivity index (χ3v) is 9.24. The lowest BCUT2D eigenvalue weighted by molar-refractivity contribution is 1.07. The maximum atomic E-state index is 4.92. The Hall–Kier alpha value is -7.11. The Morgan fingerprint density at radius 1 is 0.269 bits per heavy atom. The van der Waals surface area contributed by atoms with Gasteiger partial charge in [-0.05, 0) is 75.5 Å². The molecule has 0 spiro atoms. The van der Waals surface area contributed by atoms with E-state index >= 15 is 0 Å². The SMILES string of the molecule is c1ccc(-c2nc(-c3ccccc3)nc(-c3ccc(-c4cccc5c(-c6cc(-c7ccccn7)cc(-c7ccccn7)c6)cccc45)cc3)n2)cc1. The molecule has 5 nitrogen and oxygen atoms in total. The Bertz CT molecular complexity index is 2530. The second-order valence-corrected chi connectivity index (χ2v) is 12.6. The van der Waals surface area contributed by atoms with Crippen LogP contribution in [0, 0.1) is 0 Å². The summed E-state index contributed by atoms with van der Waals surface area (Å²) in [5, 5.41) is 2.35. The first-order chi connectivity index (χ1) is 25.8. The predicted molar refractivity (Wildman–Crippen MR) is 211 cm³/mol. The van der Waals surface area contributed by atoms with Gasteiger partial charge in [-0.3, -0.25) is 9.97 Å². The fourth-order valence-electron chi connectivity index (χ4n) is 6.70. The van der Waals surface area contributed by atoms with Gasteiger partial charge < -0.3 is 0 Å². The van der Waals surface area contributed by atoms with Gasteiger partial charge in [0.15, 0.2) is 17.5 Å². The largest absolute Gasteiger partial charge is 0.256 e. The minimum Gasteiger partial charge on any atom is -0.256 e. The molecule has 0 bridgehead atoms. The zero-order valence-corrected chi connectivity index (χ0v) is 28.1. The highest BCUT2D eigenvalue weighted by Crippen LogP contribution is 2.38. The topological polar surface area (TPSA) is 64.5 Å². The number of pyridine rings is 2. The van der Waals surface area contributed by atoms with Gasteiger partial charge in [-0.15, -0.1) is 0 Å². The van der Waals surface area contributed by atoms with E-state index in [1.807, 2.05) is 109 Å². The molecule has 0 atom stereocenters. The molecule has 0 aliphatic heterocycles. The number of fused-ring (bicyclic) bond motifs is 1. The molecule has 0 radical (unpaired) electrons. The summed E-state index contributed by atoms with van der Waals surface area (Å²) in [7, 11) is 0. The average molecular weight is 666 g/mol. The van der Waals surface area contributed by atoms with Crippen LogP contribution in [0.3, 0.4) is 0 Å². The van der Waals surface area contributed by atoms with Crippen molar-refractivity contribution in [2.45, 2.75) is 0 Å². The standard InChI is InChI=1S/C47H31N5/c1-3-13-33(14-4-1)45-50-46(34-15-5-2-6-16-34)52-47(51-45)35-25-23-32(24-26-35)39-17-11-20-42-40(18-12-19-41(39)42)36-29-37(43-21-7-9-27-48-43)31-38(30-36)44-22-8-10-28-49-44/h1-31H. The fourth-order valence-corrected chi connectivity index (χ4v) is 6.70. The van der Waals surface area contributed by atoms with Gasteiger partial charge >= 0.3 is 0 Å². The Morgan fingerprint density at radius 3 is 1.13 bits per heavy atom. The van der Waals surface area contributed by atoms with Crippen LogP contribution in [-0.4, -0.2) is 24.9 Å². The highest BCUT2D eigenvalue weighted by Gasteiger charge is 2.15. The lowest BCUT2D eigenvalue weighted by atomic mass is 9.90. The molecular formula is C47H31N5. The van der Waals surface area contributed by atoms with Crippen molar-refractivity contribution >= 4 is 10.8 Å². The van der Waals surface area contributed by atoms with Crippen LogP contribution in [0.25, 0.3) is 89.7 Å². The Balaban J connectivity index is 1.12. The summed E-state index contributed by atoms with van der Waals surface area (Å²) in [6.07, 6.45) is 3.67. The van der Waals surface area contributed by atoms with Crippen LogP contribution in [0.15, 0.2) is 188 Å². The second kappa shape index (κ2) is 13.7. The van der Waals surface area contributed by atoms with Crippen molar-refractivity contribution in [1.29, 1.82) is 0 Å². The Labute approximate surface area is 302 Å². The van der Waals surface area contributed by atoms with Gasteiger partial charge in [0.05, 0.1) is 11.4 Å². The van der Waals surface area contributed by atoms with E-state index in [1.165, 1.54) is 10.8 Å². The molecule has 3 aromatic heterocycles. The summed E-state index contributed by atoms with van der Waals surface area (Å²) in [5.41, 5.74) is 11.3. The van der Waals surface area contributed by atoms with E-state index in [4.69, 9.17) is 15.0 Å². The van der Waals surface area contributed by atoms with Gasteiger partial charge in [0.1, 0.15) is 0 Å². The lowest BCUT2D eigenvalue weighted by Gasteiger charge is -2.14. The normalized spacial score (nSPS) is 11.1. The molecular weight excluding hydrogens is 635 g/mol. The molecule has 0 saturated heterocycles. The van der Waals surface area contributed by atoms with Crippen LogP contribution in [0.4, 0.5) is 0 Å². The van der Waals surface area contributed by atoms with Crippen molar-refractivity contribution in [3.8, 4) is 78.9 Å². The van der Waals surface area contributed by atoms with Crippen molar-refractivity contribution in [2.24, 2.45) is 0 Å². The van der Waals surface area contributed by atoms with Crippen molar-refractivity contribution in [3.05, 3.63) is 188 Å². The van der Waals surface area contributed by atoms with Gasteiger partial charge in [0.25, 0.3) is 0 Å². The summed E-state index contributed by atoms with van der Waals surface area (Å²) in [5.74, 6) is 1.93. The van der Waals surface area contributed by atoms with E-state index in [2.05, 4.69) is 88.8 Å². The van der Waals surface area contributed by atoms with Crippen molar-refractivity contribution in [3.63, 3.8) is 0 Å². The Morgan fingerprint density at radius 2 is 0.673 bits per heavy atom. The van der Waals surface area contributed by atoms with E-state index in [1.54, 1.807) is 0 Å². The summed E-state index contributed by atoms with van der Waals surface area (Å²) in [4.78, 5) is 24.0. The van der Waals surface area contributed by atoms with Crippen LogP contribution in [-0.2, 0) is 0 Å². The number of rotatable bonds is 7. The van der Waals surface area contributed by atoms with E-state index in [9.17, 15) is 0 Å². The molecule has 6 aromatic carbocycles. The molecule has 0 aliphatic rings. The number of hydrogen-bond donors (Lipinski definition) is 0. The van der Waals surface area contributed by atoms with Gasteiger partial charge in [0.2, 0.25) is 0 Å². The van der Waals surface area contributed by atoms with E-state index < -0.39 is 0 Å². The average Bonchev–Trinajstić information content (AvgIpc) is 3.24. The van der Waals surface area contributed by atoms with Gasteiger partial charge in [0, 0.05) is 40.2 Å². The second-order valence-electron chi connectivity index (χ2n) is 12.6. The van der Waals surface area contributed by atoms with E-state index in [0.29, 0.717) is 17.5 Å². The zero-order chi connectivity index (χ0) is 34.7. The van der Waals surface area contributed by atoms with Gasteiger partial charge in [-0.25, -0.2) is 15.0 Å². The summed E-state index contributed by atoms with van der Waals surface area (Å²) < 4.78 is 0. The highest BCUT2D eigenvalue weighted by atomic mass is 15.0. The third kappa shape index (κ3) is 6.12. The molecule has 52 heavy (non-hydrogen) atoms. The van der Waals surface area contributed by atoms with Crippen molar-refractivity contribution < 1.29 is 0 Å². The molecule has 0 N–H and O–H groups in total. The molecule has 0 saturated carbocycles. The molecule has 9 rings (SSSR count). The first-order valence-electron chi connectivity index (χ1n) is 17.2. The number of hydrogen-bond acceptors (Lipinski definition) is 5. The lowest BCUT2D eigenvalue weighted by Crippen LogP contribution is -2.00. The number of aromatic nitrogens is 5. The molecule has 0 unspecified atom stereocenters. The summed E-state index contributed by atoms with van der Waals surface area (Å²) in [6.45, 7) is 0. The molecule has 244 valence electrons. The molecule has 9 aromatic rings. The van der Waals surface area contributed by atoms with E-state index in [0.717, 1.165) is 61.5 Å². The zero-order valence-electron chi connectivity index (χ0n) is 28.1. The first kappa shape index (κ1) is 30.9. The maximum Gasteiger partial charge on any atom is 0.164 e. The first-order valence-corrected chi connectivity index (χ1v) is 17.2. The molecule has 0 fully saturated rings. The van der Waals surface area contributed by atoms with Crippen molar-refractivity contribution in [1.82, 2.24) is 24.9 Å². The number of nitrogens with zero attached hydrogens (tertiary/aromatic N) is 5. The monoisotopic (exact) mass is 665 g/mol. The predicted octanol–water partition coefficient (Wildman–Crippen LogP) is 11.5. The van der Waals surface area contributed by atoms with Crippen LogP contribution >= 0.6 is 0 Å². The molecule has 0 amide bonds. The van der Waals surface area contributed by atoms with Gasteiger partial charge in [-0.2, -0.15) is 0 Å². The third-order valence-electron chi connectivity index (χ3n) is 9.24. The Kier molecular flexibility index (Phi) is 8.12. The minimum atomic E-state index is 0.635. The van der Waals surface area contributed by atoms with Crippen LogP contribution in [0.1, 0.15) is 0 Å². The van der Waals surface area contributed by atoms with Crippen LogP contribution in [0.5, 0.6) is 0 Å². The van der Waals surface area contributed by atoms with Crippen LogP contribution < -0.4 is 0 Å². The molecule has 0 aliphatic carbocycles. The molecule has 3 heterocycles. The van der Waals surface area contributed by atoms with Crippen LogP contribution in [0.2, 0.25) is 0 Å². The molecule has 5 heteroatoms. The van der Waals surface area contributed by atoms with Gasteiger partial charge in [-0.1, -0.05) is 133 Å². The minimum absolute atomic E-state index is 0.635.